The highest BCUT2D eigenvalue weighted by molar-refractivity contribution is 7.99. The van der Waals surface area contributed by atoms with Crippen molar-refractivity contribution in [3.8, 4) is 5.75 Å². The number of aryl methyl sites for hydroxylation is 1. The normalized spacial score (nSPS) is 10.5. The maximum Gasteiger partial charge on any atom is 0.307 e. The number of hydrogen-bond acceptors (Lipinski definition) is 6. The van der Waals surface area contributed by atoms with Crippen molar-refractivity contribution in [2.75, 3.05) is 18.9 Å². The van der Waals surface area contributed by atoms with Gasteiger partial charge in [-0.2, -0.15) is 4.91 Å². The topological polar surface area (TPSA) is 93.0 Å². The number of ketones is 1. The average Bonchev–Trinajstić information content (AvgIpc) is 2.70. The zero-order valence-electron chi connectivity index (χ0n) is 16.4. The van der Waals surface area contributed by atoms with E-state index in [1.807, 2.05) is 24.3 Å². The van der Waals surface area contributed by atoms with Gasteiger partial charge in [0.1, 0.15) is 12.3 Å². The summed E-state index contributed by atoms with van der Waals surface area (Å²) in [5, 5.41) is 11.5. The number of carboxylic acids is 1. The van der Waals surface area contributed by atoms with Gasteiger partial charge < -0.3 is 9.84 Å². The summed E-state index contributed by atoms with van der Waals surface area (Å²) in [4.78, 5) is 34.0. The van der Waals surface area contributed by atoms with Crippen LogP contribution in [-0.2, 0) is 17.6 Å². The van der Waals surface area contributed by atoms with Gasteiger partial charge >= 0.3 is 5.97 Å². The summed E-state index contributed by atoms with van der Waals surface area (Å²) in [5.41, 5.74) is 2.24. The molecule has 2 aromatic rings. The van der Waals surface area contributed by atoms with Gasteiger partial charge in [0.2, 0.25) is 0 Å². The van der Waals surface area contributed by atoms with Gasteiger partial charge in [-0.1, -0.05) is 30.7 Å². The summed E-state index contributed by atoms with van der Waals surface area (Å²) < 4.78 is 5.91. The summed E-state index contributed by atoms with van der Waals surface area (Å²) in [6.45, 7) is 2.27. The molecule has 0 saturated heterocycles. The number of hydrogen-bond donors (Lipinski definition) is 1. The highest BCUT2D eigenvalue weighted by atomic mass is 32.2. The Kier molecular flexibility index (Phi) is 9.37. The van der Waals surface area contributed by atoms with Crippen LogP contribution in [0.3, 0.4) is 0 Å². The smallest absolute Gasteiger partial charge is 0.307 e. The third-order valence-corrected chi connectivity index (χ3v) is 5.30. The highest BCUT2D eigenvalue weighted by Crippen LogP contribution is 2.24. The van der Waals surface area contributed by atoms with Crippen LogP contribution in [0.15, 0.2) is 52.5 Å². The van der Waals surface area contributed by atoms with Crippen molar-refractivity contribution in [3.63, 3.8) is 0 Å². The maximum absolute atomic E-state index is 11.9. The lowest BCUT2D eigenvalue weighted by atomic mass is 10.0. The minimum Gasteiger partial charge on any atom is -0.493 e. The van der Waals surface area contributed by atoms with Gasteiger partial charge in [0.25, 0.3) is 0 Å². The summed E-state index contributed by atoms with van der Waals surface area (Å²) >= 11 is 1.70. The minimum absolute atomic E-state index is 0.0366. The van der Waals surface area contributed by atoms with E-state index in [-0.39, 0.29) is 18.7 Å². The van der Waals surface area contributed by atoms with E-state index in [0.29, 0.717) is 12.2 Å². The molecular formula is C22H25NO5S. The van der Waals surface area contributed by atoms with Crippen LogP contribution < -0.4 is 4.74 Å². The molecule has 154 valence electrons. The number of ether oxygens (including phenoxy) is 1. The Hall–Kier alpha value is -2.67. The lowest BCUT2D eigenvalue weighted by molar-refractivity contribution is -0.136. The van der Waals surface area contributed by atoms with E-state index in [1.54, 1.807) is 30.0 Å². The molecule has 1 N–H and O–H groups in total. The Morgan fingerprint density at radius 3 is 2.55 bits per heavy atom. The summed E-state index contributed by atoms with van der Waals surface area (Å²) in [5.74, 6) is 0.533. The van der Waals surface area contributed by atoms with Crippen molar-refractivity contribution < 1.29 is 19.4 Å². The molecule has 0 spiro atoms. The number of carbonyl (C=O) groups excluding carboxylic acids is 1. The second-order valence-electron chi connectivity index (χ2n) is 6.55. The Bertz CT molecular complexity index is 836. The van der Waals surface area contributed by atoms with Crippen LogP contribution in [0.5, 0.6) is 5.75 Å². The molecule has 0 atom stereocenters. The number of carbonyl (C=O) groups is 2. The van der Waals surface area contributed by atoms with E-state index < -0.39 is 5.97 Å². The van der Waals surface area contributed by atoms with Crippen LogP contribution in [0, 0.1) is 4.91 Å². The fourth-order valence-electron chi connectivity index (χ4n) is 2.82. The summed E-state index contributed by atoms with van der Waals surface area (Å²) in [6, 6.07) is 12.8. The Labute approximate surface area is 174 Å². The van der Waals surface area contributed by atoms with Crippen LogP contribution in [0.4, 0.5) is 0 Å². The van der Waals surface area contributed by atoms with Gasteiger partial charge in [0.15, 0.2) is 5.78 Å². The zero-order valence-corrected chi connectivity index (χ0v) is 17.2. The van der Waals surface area contributed by atoms with Crippen LogP contribution >= 0.6 is 11.8 Å². The zero-order chi connectivity index (χ0) is 21.1. The van der Waals surface area contributed by atoms with Gasteiger partial charge in [-0.25, -0.2) is 0 Å². The molecule has 0 aliphatic heterocycles. The summed E-state index contributed by atoms with van der Waals surface area (Å²) in [6.07, 6.45) is 2.61. The van der Waals surface area contributed by atoms with Crippen molar-refractivity contribution in [3.05, 3.63) is 64.1 Å². The molecule has 2 aromatic carbocycles. The molecule has 0 unspecified atom stereocenters. The monoisotopic (exact) mass is 415 g/mol. The van der Waals surface area contributed by atoms with Gasteiger partial charge in [-0.05, 0) is 54.3 Å². The van der Waals surface area contributed by atoms with E-state index in [4.69, 9.17) is 9.84 Å². The lowest BCUT2D eigenvalue weighted by Crippen LogP contribution is -2.06. The van der Waals surface area contributed by atoms with Crippen molar-refractivity contribution >= 4 is 23.5 Å². The largest absolute Gasteiger partial charge is 0.493 e. The number of carboxylic acid groups (broad SMARTS) is 1. The molecule has 6 nitrogen and oxygen atoms in total. The molecule has 0 fully saturated rings. The molecular weight excluding hydrogens is 390 g/mol. The fraction of sp³-hybridized carbons (Fsp3) is 0.364. The molecule has 7 heteroatoms. The average molecular weight is 416 g/mol. The van der Waals surface area contributed by atoms with E-state index >= 15 is 0 Å². The van der Waals surface area contributed by atoms with Gasteiger partial charge in [0, 0.05) is 16.2 Å². The minimum atomic E-state index is -0.831. The van der Waals surface area contributed by atoms with Crippen molar-refractivity contribution in [2.24, 2.45) is 5.18 Å². The van der Waals surface area contributed by atoms with Crippen molar-refractivity contribution in [2.45, 2.75) is 37.5 Å². The van der Waals surface area contributed by atoms with Crippen molar-refractivity contribution in [1.29, 1.82) is 0 Å². The van der Waals surface area contributed by atoms with Crippen LogP contribution in [0.2, 0.25) is 0 Å². The predicted octanol–water partition coefficient (Wildman–Crippen LogP) is 4.78. The molecule has 0 aliphatic carbocycles. The van der Waals surface area contributed by atoms with E-state index in [2.05, 4.69) is 12.1 Å². The molecule has 29 heavy (non-hydrogen) atoms. The maximum atomic E-state index is 11.9. The number of nitrogens with zero attached hydrogens (tertiary/aromatic N) is 1. The molecule has 0 saturated carbocycles. The lowest BCUT2D eigenvalue weighted by Gasteiger charge is -2.12. The molecule has 2 rings (SSSR count). The number of thioether (sulfide) groups is 1. The van der Waals surface area contributed by atoms with E-state index in [0.717, 1.165) is 46.8 Å². The second-order valence-corrected chi connectivity index (χ2v) is 7.72. The predicted molar refractivity (Wildman–Crippen MR) is 114 cm³/mol. The first-order valence-corrected chi connectivity index (χ1v) is 10.5. The van der Waals surface area contributed by atoms with Crippen molar-refractivity contribution in [1.82, 2.24) is 0 Å². The molecule has 0 bridgehead atoms. The Morgan fingerprint density at radius 2 is 1.90 bits per heavy atom. The number of nitroso groups, excluding NO2 is 1. The van der Waals surface area contributed by atoms with Gasteiger partial charge in [-0.3, -0.25) is 9.59 Å². The van der Waals surface area contributed by atoms with Gasteiger partial charge in [-0.15, -0.1) is 11.8 Å². The first kappa shape index (κ1) is 22.6. The van der Waals surface area contributed by atoms with E-state index in [1.165, 1.54) is 0 Å². The first-order valence-electron chi connectivity index (χ1n) is 9.55. The molecule has 0 radical (unpaired) electrons. The number of rotatable bonds is 13. The molecule has 0 heterocycles. The van der Waals surface area contributed by atoms with Gasteiger partial charge in [0.05, 0.1) is 13.0 Å². The first-order chi connectivity index (χ1) is 14.0. The highest BCUT2D eigenvalue weighted by Gasteiger charge is 2.11. The SMILES string of the molecule is CCCc1cc(C(=O)CN=O)ccc1OCCCSc1ccc(CC(=O)O)cc1. The number of aliphatic carboxylic acids is 1. The van der Waals surface area contributed by atoms with Crippen LogP contribution in [0.1, 0.15) is 41.3 Å². The fourth-order valence-corrected chi connectivity index (χ4v) is 3.64. The standard InChI is InChI=1S/C22H25NO5S/c1-2-4-18-14-17(20(24)15-23-27)7-10-21(18)28-11-3-12-29-19-8-5-16(6-9-19)13-22(25)26/h5-10,14H,2-4,11-13,15H2,1H3,(H,25,26). The Balaban J connectivity index is 1.82. The quantitative estimate of drug-likeness (QED) is 0.219. The van der Waals surface area contributed by atoms with E-state index in [9.17, 15) is 14.5 Å². The summed E-state index contributed by atoms with van der Waals surface area (Å²) in [7, 11) is 0. The Morgan fingerprint density at radius 1 is 1.14 bits per heavy atom. The third-order valence-electron chi connectivity index (χ3n) is 4.20. The molecule has 0 aromatic heterocycles. The molecule has 0 amide bonds. The molecule has 0 aliphatic rings. The third kappa shape index (κ3) is 7.69. The number of Topliss-reactive ketones (excluding diaryl/α,β-unsaturated/α-hetero) is 1. The van der Waals surface area contributed by atoms with Crippen LogP contribution in [0.25, 0.3) is 0 Å². The number of benzene rings is 2. The second kappa shape index (κ2) is 12.0. The van der Waals surface area contributed by atoms with Crippen LogP contribution in [-0.4, -0.2) is 35.8 Å².